The van der Waals surface area contributed by atoms with Crippen LogP contribution in [0.4, 0.5) is 0 Å². The summed E-state index contributed by atoms with van der Waals surface area (Å²) in [5, 5.41) is 0. The van der Waals surface area contributed by atoms with Gasteiger partial charge in [-0.15, -0.1) is 0 Å². The number of imidazole rings is 1. The predicted octanol–water partition coefficient (Wildman–Crippen LogP) is 2.67. The molecule has 128 valence electrons. The van der Waals surface area contributed by atoms with Crippen LogP contribution in [0.25, 0.3) is 11.5 Å². The van der Waals surface area contributed by atoms with Gasteiger partial charge in [-0.25, -0.2) is 9.97 Å². The van der Waals surface area contributed by atoms with Gasteiger partial charge in [0.25, 0.3) is 5.91 Å². The third kappa shape index (κ3) is 2.94. The number of nitrogens with one attached hydrogen (secondary N) is 1. The zero-order valence-corrected chi connectivity index (χ0v) is 13.8. The molecule has 3 heterocycles. The third-order valence-corrected chi connectivity index (χ3v) is 4.44. The molecule has 0 saturated carbocycles. The fourth-order valence-electron chi connectivity index (χ4n) is 3.14. The maximum Gasteiger partial charge on any atom is 0.276 e. The lowest BCUT2D eigenvalue weighted by atomic mass is 10.2. The molecule has 2 aromatic heterocycles. The Bertz CT molecular complexity index is 844. The Hall–Kier alpha value is -2.93. The molecule has 25 heavy (non-hydrogen) atoms. The van der Waals surface area contributed by atoms with Crippen LogP contribution in [-0.4, -0.2) is 45.5 Å². The van der Waals surface area contributed by atoms with Crippen molar-refractivity contribution in [3.8, 4) is 11.5 Å². The van der Waals surface area contributed by atoms with Crippen molar-refractivity contribution in [1.82, 2.24) is 19.9 Å². The van der Waals surface area contributed by atoms with E-state index < -0.39 is 0 Å². The summed E-state index contributed by atoms with van der Waals surface area (Å²) in [5.74, 6) is 0.993. The quantitative estimate of drug-likeness (QED) is 0.790. The number of carbonyl (C=O) groups is 1. The summed E-state index contributed by atoms with van der Waals surface area (Å²) in [6, 6.07) is 9.34. The van der Waals surface area contributed by atoms with Crippen LogP contribution in [0.5, 0.6) is 0 Å². The van der Waals surface area contributed by atoms with Gasteiger partial charge in [-0.05, 0) is 12.1 Å². The molecule has 0 bridgehead atoms. The SMILES string of the molecule is CO[C@@H]1C[C@@H](c2ncc[nH]2)N(C(=O)c2coc(-c3ccccc3)n2)C1. The van der Waals surface area contributed by atoms with Crippen LogP contribution < -0.4 is 0 Å². The lowest BCUT2D eigenvalue weighted by molar-refractivity contribution is 0.0679. The van der Waals surface area contributed by atoms with Gasteiger partial charge in [0.15, 0.2) is 5.69 Å². The van der Waals surface area contributed by atoms with E-state index in [1.807, 2.05) is 30.3 Å². The summed E-state index contributed by atoms with van der Waals surface area (Å²) in [6.45, 7) is 0.494. The van der Waals surface area contributed by atoms with Crippen LogP contribution >= 0.6 is 0 Å². The van der Waals surface area contributed by atoms with Crippen molar-refractivity contribution in [2.75, 3.05) is 13.7 Å². The molecular weight excluding hydrogens is 320 g/mol. The Kier molecular flexibility index (Phi) is 4.07. The zero-order valence-electron chi connectivity index (χ0n) is 13.8. The molecular formula is C18H18N4O3. The molecule has 1 saturated heterocycles. The largest absolute Gasteiger partial charge is 0.444 e. The monoisotopic (exact) mass is 338 g/mol. The first-order valence-corrected chi connectivity index (χ1v) is 8.10. The summed E-state index contributed by atoms with van der Waals surface area (Å²) >= 11 is 0. The van der Waals surface area contributed by atoms with E-state index in [1.165, 1.54) is 6.26 Å². The second kappa shape index (κ2) is 6.52. The van der Waals surface area contributed by atoms with E-state index in [0.29, 0.717) is 18.9 Å². The number of oxazole rings is 1. The minimum Gasteiger partial charge on any atom is -0.444 e. The van der Waals surface area contributed by atoms with Crippen molar-refractivity contribution >= 4 is 5.91 Å². The number of amides is 1. The summed E-state index contributed by atoms with van der Waals surface area (Å²) < 4.78 is 10.9. The number of nitrogens with zero attached hydrogens (tertiary/aromatic N) is 3. The molecule has 0 unspecified atom stereocenters. The molecule has 1 amide bonds. The number of aromatic amines is 1. The first-order chi connectivity index (χ1) is 12.3. The fraction of sp³-hybridized carbons (Fsp3) is 0.278. The summed E-state index contributed by atoms with van der Waals surface area (Å²) in [4.78, 5) is 26.4. The molecule has 1 N–H and O–H groups in total. The molecule has 1 fully saturated rings. The smallest absolute Gasteiger partial charge is 0.276 e. The average Bonchev–Trinajstić information content (AvgIpc) is 3.41. The van der Waals surface area contributed by atoms with Crippen molar-refractivity contribution in [3.05, 3.63) is 60.5 Å². The van der Waals surface area contributed by atoms with Crippen LogP contribution in [-0.2, 0) is 4.74 Å². The van der Waals surface area contributed by atoms with Gasteiger partial charge in [0, 0.05) is 38.0 Å². The van der Waals surface area contributed by atoms with Gasteiger partial charge in [0.2, 0.25) is 5.89 Å². The topological polar surface area (TPSA) is 84.2 Å². The molecule has 7 nitrogen and oxygen atoms in total. The van der Waals surface area contributed by atoms with E-state index in [9.17, 15) is 4.79 Å². The number of benzene rings is 1. The van der Waals surface area contributed by atoms with Crippen molar-refractivity contribution < 1.29 is 13.9 Å². The number of aromatic nitrogens is 3. The van der Waals surface area contributed by atoms with E-state index in [1.54, 1.807) is 24.4 Å². The Balaban J connectivity index is 1.60. The second-order valence-corrected chi connectivity index (χ2v) is 5.95. The summed E-state index contributed by atoms with van der Waals surface area (Å²) in [7, 11) is 1.65. The Labute approximate surface area is 144 Å². The highest BCUT2D eigenvalue weighted by atomic mass is 16.5. The molecule has 1 aliphatic rings. The minimum atomic E-state index is -0.188. The number of hydrogen-bond donors (Lipinski definition) is 1. The van der Waals surface area contributed by atoms with Crippen LogP contribution in [0.15, 0.2) is 53.4 Å². The number of rotatable bonds is 4. The number of carbonyl (C=O) groups excluding carboxylic acids is 1. The average molecular weight is 338 g/mol. The third-order valence-electron chi connectivity index (χ3n) is 4.44. The van der Waals surface area contributed by atoms with Crippen LogP contribution in [0.3, 0.4) is 0 Å². The Morgan fingerprint density at radius 1 is 1.36 bits per heavy atom. The van der Waals surface area contributed by atoms with Crippen LogP contribution in [0.1, 0.15) is 28.8 Å². The normalized spacial score (nSPS) is 20.1. The van der Waals surface area contributed by atoms with Gasteiger partial charge in [0.1, 0.15) is 12.1 Å². The molecule has 1 aromatic carbocycles. The molecule has 3 aromatic rings. The first kappa shape index (κ1) is 15.6. The Morgan fingerprint density at radius 3 is 2.92 bits per heavy atom. The standard InChI is InChI=1S/C18H18N4O3/c1-24-13-9-15(16-19-7-8-20-16)22(10-13)18(23)14-11-25-17(21-14)12-5-3-2-4-6-12/h2-8,11,13,15H,9-10H2,1H3,(H,19,20)/t13-,15+/m1/s1. The lowest BCUT2D eigenvalue weighted by Gasteiger charge is -2.21. The molecule has 7 heteroatoms. The fourth-order valence-corrected chi connectivity index (χ4v) is 3.14. The molecule has 0 radical (unpaired) electrons. The van der Waals surface area contributed by atoms with Gasteiger partial charge in [-0.2, -0.15) is 0 Å². The van der Waals surface area contributed by atoms with Gasteiger partial charge in [-0.1, -0.05) is 18.2 Å². The minimum absolute atomic E-state index is 0.0282. The maximum atomic E-state index is 13.0. The zero-order chi connectivity index (χ0) is 17.2. The second-order valence-electron chi connectivity index (χ2n) is 5.95. The molecule has 1 aliphatic heterocycles. The highest BCUT2D eigenvalue weighted by molar-refractivity contribution is 5.93. The van der Waals surface area contributed by atoms with Gasteiger partial charge < -0.3 is 19.0 Å². The van der Waals surface area contributed by atoms with E-state index in [-0.39, 0.29) is 23.7 Å². The van der Waals surface area contributed by atoms with E-state index in [4.69, 9.17) is 9.15 Å². The van der Waals surface area contributed by atoms with Crippen LogP contribution in [0, 0.1) is 0 Å². The van der Waals surface area contributed by atoms with E-state index in [0.717, 1.165) is 11.4 Å². The number of hydrogen-bond acceptors (Lipinski definition) is 5. The Morgan fingerprint density at radius 2 is 2.20 bits per heavy atom. The summed E-state index contributed by atoms with van der Waals surface area (Å²) in [6.07, 6.45) is 5.51. The van der Waals surface area contributed by atoms with E-state index >= 15 is 0 Å². The van der Waals surface area contributed by atoms with E-state index in [2.05, 4.69) is 15.0 Å². The first-order valence-electron chi connectivity index (χ1n) is 8.10. The van der Waals surface area contributed by atoms with Gasteiger partial charge >= 0.3 is 0 Å². The van der Waals surface area contributed by atoms with Crippen molar-refractivity contribution in [2.24, 2.45) is 0 Å². The summed E-state index contributed by atoms with van der Waals surface area (Å²) in [5.41, 5.74) is 1.12. The molecule has 0 spiro atoms. The lowest BCUT2D eigenvalue weighted by Crippen LogP contribution is -2.32. The number of ether oxygens (including phenoxy) is 1. The molecule has 4 rings (SSSR count). The van der Waals surface area contributed by atoms with Crippen LogP contribution in [0.2, 0.25) is 0 Å². The highest BCUT2D eigenvalue weighted by Gasteiger charge is 2.39. The molecule has 2 atom stereocenters. The van der Waals surface area contributed by atoms with Gasteiger partial charge in [0.05, 0.1) is 12.1 Å². The number of likely N-dealkylation sites (tertiary alicyclic amines) is 1. The molecule has 0 aliphatic carbocycles. The van der Waals surface area contributed by atoms with Crippen molar-refractivity contribution in [2.45, 2.75) is 18.6 Å². The van der Waals surface area contributed by atoms with Gasteiger partial charge in [-0.3, -0.25) is 4.79 Å². The highest BCUT2D eigenvalue weighted by Crippen LogP contribution is 2.33. The maximum absolute atomic E-state index is 13.0. The predicted molar refractivity (Wildman–Crippen MR) is 89.7 cm³/mol. The van der Waals surface area contributed by atoms with Crippen molar-refractivity contribution in [1.29, 1.82) is 0 Å². The number of H-pyrrole nitrogens is 1. The number of methoxy groups -OCH3 is 1. The van der Waals surface area contributed by atoms with Crippen molar-refractivity contribution in [3.63, 3.8) is 0 Å².